The van der Waals surface area contributed by atoms with Crippen molar-refractivity contribution in [2.24, 2.45) is 11.3 Å². The van der Waals surface area contributed by atoms with Gasteiger partial charge in [0.05, 0.1) is 12.1 Å². The number of hydrogen-bond acceptors (Lipinski definition) is 4. The largest absolute Gasteiger partial charge is 0.379 e. The van der Waals surface area contributed by atoms with Crippen LogP contribution in [0.25, 0.3) is 0 Å². The van der Waals surface area contributed by atoms with Gasteiger partial charge in [0, 0.05) is 24.9 Å². The first-order chi connectivity index (χ1) is 8.99. The third-order valence-corrected chi connectivity index (χ3v) is 4.06. The number of aryl methyl sites for hydroxylation is 1. The van der Waals surface area contributed by atoms with E-state index in [9.17, 15) is 0 Å². The van der Waals surface area contributed by atoms with Crippen molar-refractivity contribution in [3.63, 3.8) is 0 Å². The third kappa shape index (κ3) is 2.81. The molecule has 19 heavy (non-hydrogen) atoms. The summed E-state index contributed by atoms with van der Waals surface area (Å²) in [5.41, 5.74) is 5.53. The van der Waals surface area contributed by atoms with Crippen molar-refractivity contribution in [3.05, 3.63) is 29.6 Å². The lowest BCUT2D eigenvalue weighted by Gasteiger charge is -2.38. The topological polar surface area (TPSA) is 60.2 Å². The van der Waals surface area contributed by atoms with Crippen molar-refractivity contribution < 1.29 is 4.74 Å². The molecule has 0 aromatic carbocycles. The van der Waals surface area contributed by atoms with Crippen molar-refractivity contribution in [2.45, 2.75) is 51.7 Å². The van der Waals surface area contributed by atoms with Gasteiger partial charge in [0.1, 0.15) is 0 Å². The molecule has 4 nitrogen and oxygen atoms in total. The van der Waals surface area contributed by atoms with Crippen LogP contribution in [0.15, 0.2) is 18.3 Å². The number of rotatable bonds is 4. The molecule has 0 radical (unpaired) electrons. The number of fused-ring (bicyclic) bond motifs is 1. The molecule has 3 unspecified atom stereocenters. The van der Waals surface area contributed by atoms with Crippen LogP contribution in [0.4, 0.5) is 0 Å². The molecule has 3 atom stereocenters. The molecule has 0 amide bonds. The maximum atomic E-state index is 5.83. The summed E-state index contributed by atoms with van der Waals surface area (Å²) >= 11 is 0. The summed E-state index contributed by atoms with van der Waals surface area (Å²) in [5, 5.41) is 0. The first kappa shape index (κ1) is 14.4. The lowest BCUT2D eigenvalue weighted by molar-refractivity contribution is -0.0183. The van der Waals surface area contributed by atoms with Gasteiger partial charge in [-0.05, 0) is 29.9 Å². The average Bonchev–Trinajstić information content (AvgIpc) is 2.78. The fourth-order valence-corrected chi connectivity index (χ4v) is 3.25. The second-order valence-electron chi connectivity index (χ2n) is 6.41. The van der Waals surface area contributed by atoms with Crippen LogP contribution in [-0.4, -0.2) is 24.2 Å². The summed E-state index contributed by atoms with van der Waals surface area (Å²) in [7, 11) is 1.76. The van der Waals surface area contributed by atoms with Crippen molar-refractivity contribution in [2.75, 3.05) is 7.11 Å². The Kier molecular flexibility index (Phi) is 4.23. The highest BCUT2D eigenvalue weighted by molar-refractivity contribution is 5.30. The van der Waals surface area contributed by atoms with Crippen LogP contribution in [0.1, 0.15) is 44.4 Å². The fourth-order valence-electron chi connectivity index (χ4n) is 3.25. The first-order valence-electron chi connectivity index (χ1n) is 6.91. The van der Waals surface area contributed by atoms with Crippen LogP contribution >= 0.6 is 0 Å². The Labute approximate surface area is 115 Å². The molecule has 0 spiro atoms. The van der Waals surface area contributed by atoms with Gasteiger partial charge in [-0.1, -0.05) is 26.8 Å². The Morgan fingerprint density at radius 3 is 2.79 bits per heavy atom. The second kappa shape index (κ2) is 5.57. The van der Waals surface area contributed by atoms with Gasteiger partial charge in [-0.25, -0.2) is 0 Å². The number of pyridine rings is 1. The zero-order valence-electron chi connectivity index (χ0n) is 12.3. The van der Waals surface area contributed by atoms with E-state index in [-0.39, 0.29) is 17.6 Å². The quantitative estimate of drug-likeness (QED) is 0.644. The zero-order chi connectivity index (χ0) is 14.0. The highest BCUT2D eigenvalue weighted by atomic mass is 16.5. The van der Waals surface area contributed by atoms with Crippen LogP contribution < -0.4 is 11.3 Å². The van der Waals surface area contributed by atoms with Crippen LogP contribution in [0.5, 0.6) is 0 Å². The molecular weight excluding hydrogens is 238 g/mol. The van der Waals surface area contributed by atoms with Crippen molar-refractivity contribution in [1.82, 2.24) is 10.4 Å². The summed E-state index contributed by atoms with van der Waals surface area (Å²) < 4.78 is 5.72. The molecule has 0 bridgehead atoms. The average molecular weight is 263 g/mol. The maximum Gasteiger partial charge on any atom is 0.0792 e. The summed E-state index contributed by atoms with van der Waals surface area (Å²) in [5.74, 6) is 6.15. The molecule has 1 aliphatic carbocycles. The number of hydrazine groups is 1. The lowest BCUT2D eigenvalue weighted by atomic mass is 9.79. The van der Waals surface area contributed by atoms with Gasteiger partial charge in [0.25, 0.3) is 0 Å². The van der Waals surface area contributed by atoms with E-state index in [1.165, 1.54) is 11.3 Å². The highest BCUT2D eigenvalue weighted by Gasteiger charge is 2.40. The van der Waals surface area contributed by atoms with Crippen molar-refractivity contribution in [1.29, 1.82) is 0 Å². The molecule has 106 valence electrons. The molecule has 1 aliphatic rings. The Morgan fingerprint density at radius 2 is 2.21 bits per heavy atom. The number of nitrogens with two attached hydrogens (primary N) is 1. The van der Waals surface area contributed by atoms with E-state index in [1.54, 1.807) is 7.11 Å². The minimum absolute atomic E-state index is 0.0311. The number of methoxy groups -OCH3 is 1. The molecule has 1 aromatic rings. The van der Waals surface area contributed by atoms with Gasteiger partial charge < -0.3 is 4.74 Å². The molecule has 0 fully saturated rings. The van der Waals surface area contributed by atoms with Crippen LogP contribution in [-0.2, 0) is 11.2 Å². The predicted octanol–water partition coefficient (Wildman–Crippen LogP) is 2.00. The Balaban J connectivity index is 2.29. The predicted molar refractivity (Wildman–Crippen MR) is 76.7 cm³/mol. The lowest BCUT2D eigenvalue weighted by Crippen LogP contribution is -2.53. The monoisotopic (exact) mass is 263 g/mol. The van der Waals surface area contributed by atoms with Crippen molar-refractivity contribution >= 4 is 0 Å². The normalized spacial score (nSPS) is 22.1. The standard InChI is InChI=1S/C15H25N3O/c1-15(2,3)14(19-4)13(18-16)11-8-7-10-6-5-9-17-12(10)11/h5-6,9,11,13-14,18H,7-8,16H2,1-4H3. The Morgan fingerprint density at radius 1 is 1.47 bits per heavy atom. The smallest absolute Gasteiger partial charge is 0.0792 e. The SMILES string of the molecule is COC(C(NN)C1CCc2cccnc21)C(C)(C)C. The fraction of sp³-hybridized carbons (Fsp3) is 0.667. The summed E-state index contributed by atoms with van der Waals surface area (Å²) in [4.78, 5) is 4.56. The second-order valence-corrected chi connectivity index (χ2v) is 6.41. The molecule has 1 heterocycles. The molecule has 0 saturated heterocycles. The summed E-state index contributed by atoms with van der Waals surface area (Å²) in [6, 6.07) is 4.25. The Bertz CT molecular complexity index is 428. The maximum absolute atomic E-state index is 5.83. The molecule has 1 aromatic heterocycles. The minimum Gasteiger partial charge on any atom is -0.379 e. The first-order valence-corrected chi connectivity index (χ1v) is 6.91. The van der Waals surface area contributed by atoms with E-state index in [4.69, 9.17) is 10.6 Å². The van der Waals surface area contributed by atoms with E-state index >= 15 is 0 Å². The van der Waals surface area contributed by atoms with Crippen molar-refractivity contribution in [3.8, 4) is 0 Å². The number of nitrogens with zero attached hydrogens (tertiary/aromatic N) is 1. The minimum atomic E-state index is 0.0311. The van der Waals surface area contributed by atoms with Gasteiger partial charge in [-0.3, -0.25) is 16.3 Å². The van der Waals surface area contributed by atoms with Crippen LogP contribution in [0.3, 0.4) is 0 Å². The van der Waals surface area contributed by atoms with E-state index in [0.29, 0.717) is 5.92 Å². The molecular formula is C15H25N3O. The van der Waals surface area contributed by atoms with E-state index < -0.39 is 0 Å². The number of hydrogen-bond donors (Lipinski definition) is 2. The molecule has 0 saturated carbocycles. The zero-order valence-corrected chi connectivity index (χ0v) is 12.3. The van der Waals surface area contributed by atoms with E-state index in [0.717, 1.165) is 12.8 Å². The van der Waals surface area contributed by atoms with E-state index in [2.05, 4.69) is 37.2 Å². The van der Waals surface area contributed by atoms with Gasteiger partial charge in [0.2, 0.25) is 0 Å². The molecule has 2 rings (SSSR count). The van der Waals surface area contributed by atoms with Crippen LogP contribution in [0, 0.1) is 5.41 Å². The van der Waals surface area contributed by atoms with Gasteiger partial charge in [-0.2, -0.15) is 0 Å². The third-order valence-electron chi connectivity index (χ3n) is 4.06. The number of nitrogens with one attached hydrogen (secondary N) is 1. The van der Waals surface area contributed by atoms with E-state index in [1.807, 2.05) is 12.3 Å². The van der Waals surface area contributed by atoms with Crippen LogP contribution in [0.2, 0.25) is 0 Å². The molecule has 4 heteroatoms. The molecule has 0 aliphatic heterocycles. The van der Waals surface area contributed by atoms with Gasteiger partial charge in [-0.15, -0.1) is 0 Å². The number of aromatic nitrogens is 1. The summed E-state index contributed by atoms with van der Waals surface area (Å²) in [6.45, 7) is 6.54. The highest BCUT2D eigenvalue weighted by Crippen LogP contribution is 2.38. The summed E-state index contributed by atoms with van der Waals surface area (Å²) in [6.07, 6.45) is 4.07. The number of ether oxygens (including phenoxy) is 1. The van der Waals surface area contributed by atoms with Gasteiger partial charge >= 0.3 is 0 Å². The Hall–Kier alpha value is -0.970. The molecule has 3 N–H and O–H groups in total. The van der Waals surface area contributed by atoms with Gasteiger partial charge in [0.15, 0.2) is 0 Å².